The third kappa shape index (κ3) is 3.33. The Labute approximate surface area is 145 Å². The summed E-state index contributed by atoms with van der Waals surface area (Å²) in [6.07, 6.45) is 5.39. The number of hydrogen-bond acceptors (Lipinski definition) is 3. The van der Waals surface area contributed by atoms with E-state index >= 15 is 0 Å². The predicted octanol–water partition coefficient (Wildman–Crippen LogP) is 3.36. The lowest BCUT2D eigenvalue weighted by Crippen LogP contribution is -2.18. The zero-order chi connectivity index (χ0) is 17.1. The molecule has 2 heterocycles. The number of aromatic nitrogens is 4. The monoisotopic (exact) mass is 343 g/mol. The number of benzene rings is 1. The van der Waals surface area contributed by atoms with Gasteiger partial charge in [0.1, 0.15) is 5.69 Å². The molecule has 0 bridgehead atoms. The summed E-state index contributed by atoms with van der Waals surface area (Å²) in [5.41, 5.74) is 2.82. The molecule has 1 amide bonds. The minimum atomic E-state index is -0.262. The fraction of sp³-hybridized carbons (Fsp3) is 0.235. The summed E-state index contributed by atoms with van der Waals surface area (Å²) in [4.78, 5) is 16.6. The fourth-order valence-corrected chi connectivity index (χ4v) is 2.76. The molecule has 0 atom stereocenters. The number of rotatable bonds is 5. The molecule has 0 unspecified atom stereocenters. The van der Waals surface area contributed by atoms with Crippen LogP contribution in [0.15, 0.2) is 43.0 Å². The van der Waals surface area contributed by atoms with Crippen LogP contribution in [-0.2, 0) is 13.1 Å². The Morgan fingerprint density at radius 2 is 2.21 bits per heavy atom. The van der Waals surface area contributed by atoms with Crippen LogP contribution in [0, 0.1) is 6.92 Å². The average molecular weight is 344 g/mol. The number of hydrogen-bond donors (Lipinski definition) is 1. The zero-order valence-electron chi connectivity index (χ0n) is 13.5. The number of imidazole rings is 1. The van der Waals surface area contributed by atoms with Gasteiger partial charge in [0.05, 0.1) is 17.0 Å². The number of halogens is 1. The Morgan fingerprint density at radius 3 is 2.92 bits per heavy atom. The molecule has 7 heteroatoms. The van der Waals surface area contributed by atoms with Crippen molar-refractivity contribution < 1.29 is 4.79 Å². The molecule has 0 radical (unpaired) electrons. The number of carbonyl (C=O) groups is 1. The first kappa shape index (κ1) is 16.3. The summed E-state index contributed by atoms with van der Waals surface area (Å²) in [5, 5.41) is 7.56. The van der Waals surface area contributed by atoms with E-state index < -0.39 is 0 Å². The normalized spacial score (nSPS) is 10.8. The van der Waals surface area contributed by atoms with E-state index in [0.29, 0.717) is 29.5 Å². The predicted molar refractivity (Wildman–Crippen MR) is 93.4 cm³/mol. The Morgan fingerprint density at radius 1 is 1.38 bits per heavy atom. The lowest BCUT2D eigenvalue weighted by Gasteiger charge is -2.09. The van der Waals surface area contributed by atoms with Crippen LogP contribution < -0.4 is 5.32 Å². The molecule has 0 aliphatic carbocycles. The van der Waals surface area contributed by atoms with Crippen molar-refractivity contribution in [2.24, 2.45) is 0 Å². The third-order valence-corrected chi connectivity index (χ3v) is 4.13. The highest BCUT2D eigenvalue weighted by molar-refractivity contribution is 6.34. The van der Waals surface area contributed by atoms with Gasteiger partial charge < -0.3 is 9.88 Å². The summed E-state index contributed by atoms with van der Waals surface area (Å²) >= 11 is 6.23. The van der Waals surface area contributed by atoms with Crippen molar-refractivity contribution in [2.75, 3.05) is 5.32 Å². The maximum absolute atomic E-state index is 12.6. The summed E-state index contributed by atoms with van der Waals surface area (Å²) in [7, 11) is 0. The van der Waals surface area contributed by atoms with Crippen molar-refractivity contribution >= 4 is 23.2 Å². The van der Waals surface area contributed by atoms with Crippen molar-refractivity contribution in [1.82, 2.24) is 19.3 Å². The van der Waals surface area contributed by atoms with Crippen LogP contribution >= 0.6 is 11.6 Å². The maximum Gasteiger partial charge on any atom is 0.275 e. The van der Waals surface area contributed by atoms with Crippen molar-refractivity contribution in [3.63, 3.8) is 0 Å². The van der Waals surface area contributed by atoms with Gasteiger partial charge in [0.2, 0.25) is 0 Å². The topological polar surface area (TPSA) is 64.7 Å². The molecule has 3 rings (SSSR count). The first-order valence-corrected chi connectivity index (χ1v) is 8.05. The summed E-state index contributed by atoms with van der Waals surface area (Å²) in [6.45, 7) is 4.98. The van der Waals surface area contributed by atoms with E-state index in [0.717, 1.165) is 11.3 Å². The largest absolute Gasteiger partial charge is 0.333 e. The van der Waals surface area contributed by atoms with Gasteiger partial charge in [0, 0.05) is 31.2 Å². The molecule has 0 saturated heterocycles. The minimum absolute atomic E-state index is 0.262. The van der Waals surface area contributed by atoms with Gasteiger partial charge in [-0.15, -0.1) is 0 Å². The molecular formula is C17H18ClN5O. The molecule has 1 aromatic carbocycles. The van der Waals surface area contributed by atoms with Gasteiger partial charge in [-0.2, -0.15) is 5.10 Å². The summed E-state index contributed by atoms with van der Waals surface area (Å²) in [5.74, 6) is -0.262. The smallest absolute Gasteiger partial charge is 0.275 e. The van der Waals surface area contributed by atoms with E-state index in [9.17, 15) is 4.79 Å². The Hall–Kier alpha value is -2.60. The first-order chi connectivity index (χ1) is 11.6. The second-order valence-electron chi connectivity index (χ2n) is 5.45. The molecule has 0 aliphatic rings. The van der Waals surface area contributed by atoms with Crippen LogP contribution in [0.25, 0.3) is 0 Å². The van der Waals surface area contributed by atoms with Crippen molar-refractivity contribution in [1.29, 1.82) is 0 Å². The molecule has 0 spiro atoms. The van der Waals surface area contributed by atoms with E-state index in [2.05, 4.69) is 15.4 Å². The van der Waals surface area contributed by atoms with Crippen molar-refractivity contribution in [2.45, 2.75) is 26.9 Å². The van der Waals surface area contributed by atoms with Gasteiger partial charge in [-0.25, -0.2) is 4.98 Å². The SMILES string of the molecule is CCn1nc(C)c(Cl)c1C(=O)Nc1cccc(Cn2ccnc2)c1. The third-order valence-electron chi connectivity index (χ3n) is 3.68. The molecule has 1 N–H and O–H groups in total. The standard InChI is InChI=1S/C17H18ClN5O/c1-3-23-16(15(18)12(2)21-23)17(24)20-14-6-4-5-13(9-14)10-22-8-7-19-11-22/h4-9,11H,3,10H2,1-2H3,(H,20,24). The summed E-state index contributed by atoms with van der Waals surface area (Å²) in [6, 6.07) is 7.70. The quantitative estimate of drug-likeness (QED) is 0.772. The number of aryl methyl sites for hydroxylation is 2. The molecular weight excluding hydrogens is 326 g/mol. The van der Waals surface area contributed by atoms with E-state index in [1.807, 2.05) is 42.0 Å². The average Bonchev–Trinajstić information content (AvgIpc) is 3.16. The Kier molecular flexibility index (Phi) is 4.66. The highest BCUT2D eigenvalue weighted by Crippen LogP contribution is 2.22. The molecule has 124 valence electrons. The van der Waals surface area contributed by atoms with Gasteiger partial charge in [-0.1, -0.05) is 23.7 Å². The Balaban J connectivity index is 1.80. The molecule has 24 heavy (non-hydrogen) atoms. The Bertz CT molecular complexity index is 854. The lowest BCUT2D eigenvalue weighted by molar-refractivity contribution is 0.101. The molecule has 6 nitrogen and oxygen atoms in total. The van der Waals surface area contributed by atoms with Crippen LogP contribution in [0.2, 0.25) is 5.02 Å². The maximum atomic E-state index is 12.6. The zero-order valence-corrected chi connectivity index (χ0v) is 14.3. The second-order valence-corrected chi connectivity index (χ2v) is 5.83. The highest BCUT2D eigenvalue weighted by Gasteiger charge is 2.19. The van der Waals surface area contributed by atoms with Gasteiger partial charge in [0.15, 0.2) is 0 Å². The van der Waals surface area contributed by atoms with E-state index in [1.165, 1.54) is 0 Å². The molecule has 0 saturated carbocycles. The molecule has 0 aliphatic heterocycles. The van der Waals surface area contributed by atoms with Crippen LogP contribution in [-0.4, -0.2) is 25.2 Å². The minimum Gasteiger partial charge on any atom is -0.333 e. The number of anilines is 1. The summed E-state index contributed by atoms with van der Waals surface area (Å²) < 4.78 is 3.58. The van der Waals surface area contributed by atoms with Crippen molar-refractivity contribution in [3.05, 3.63) is 65.0 Å². The molecule has 0 fully saturated rings. The molecule has 3 aromatic rings. The van der Waals surface area contributed by atoms with Gasteiger partial charge >= 0.3 is 0 Å². The van der Waals surface area contributed by atoms with Gasteiger partial charge in [0.25, 0.3) is 5.91 Å². The van der Waals surface area contributed by atoms with Crippen LogP contribution in [0.3, 0.4) is 0 Å². The van der Waals surface area contributed by atoms with Crippen LogP contribution in [0.5, 0.6) is 0 Å². The number of nitrogens with zero attached hydrogens (tertiary/aromatic N) is 4. The molecule has 2 aromatic heterocycles. The van der Waals surface area contributed by atoms with Gasteiger partial charge in [-0.3, -0.25) is 9.48 Å². The van der Waals surface area contributed by atoms with E-state index in [1.54, 1.807) is 24.1 Å². The lowest BCUT2D eigenvalue weighted by atomic mass is 10.2. The highest BCUT2D eigenvalue weighted by atomic mass is 35.5. The first-order valence-electron chi connectivity index (χ1n) is 7.67. The number of carbonyl (C=O) groups excluding carboxylic acids is 1. The van der Waals surface area contributed by atoms with Gasteiger partial charge in [-0.05, 0) is 31.5 Å². The number of nitrogens with one attached hydrogen (secondary N) is 1. The fourth-order valence-electron chi connectivity index (χ4n) is 2.53. The van der Waals surface area contributed by atoms with Crippen LogP contribution in [0.4, 0.5) is 5.69 Å². The second kappa shape index (κ2) is 6.88. The van der Waals surface area contributed by atoms with Crippen molar-refractivity contribution in [3.8, 4) is 0 Å². The van der Waals surface area contributed by atoms with Crippen LogP contribution in [0.1, 0.15) is 28.7 Å². The van der Waals surface area contributed by atoms with E-state index in [-0.39, 0.29) is 5.91 Å². The van der Waals surface area contributed by atoms with E-state index in [4.69, 9.17) is 11.6 Å². The number of amides is 1.